The van der Waals surface area contributed by atoms with Crippen LogP contribution in [0.4, 0.5) is 0 Å². The molecule has 2 atom stereocenters. The van der Waals surface area contributed by atoms with E-state index in [-0.39, 0.29) is 51.4 Å². The number of aryl methyl sites for hydroxylation is 2. The fourth-order valence-corrected chi connectivity index (χ4v) is 9.99. The zero-order valence-electron chi connectivity index (χ0n) is 42.6. The van der Waals surface area contributed by atoms with E-state index in [2.05, 4.69) is 66.4 Å². The van der Waals surface area contributed by atoms with E-state index in [1.165, 1.54) is 62.3 Å². The van der Waals surface area contributed by atoms with E-state index in [0.717, 1.165) is 55.6 Å². The summed E-state index contributed by atoms with van der Waals surface area (Å²) in [5, 5.41) is 29.5. The van der Waals surface area contributed by atoms with Gasteiger partial charge >= 0.3 is 11.9 Å². The largest absolute Gasteiger partial charge is 0.507 e. The van der Waals surface area contributed by atoms with Crippen LogP contribution in [0.2, 0.25) is 0 Å². The number of carbonyl (C=O) groups excluding carboxylic acids is 2. The molecule has 0 saturated carbocycles. The van der Waals surface area contributed by atoms with Crippen LogP contribution in [-0.4, -0.2) is 106 Å². The van der Waals surface area contributed by atoms with Gasteiger partial charge in [-0.1, -0.05) is 18.2 Å². The first-order valence-electron chi connectivity index (χ1n) is 23.7. The Morgan fingerprint density at radius 3 is 1.88 bits per heavy atom. The number of fused-ring (bicyclic) bond motifs is 2. The van der Waals surface area contributed by atoms with Crippen molar-refractivity contribution in [3.8, 4) is 69.0 Å². The third-order valence-electron chi connectivity index (χ3n) is 14.0. The van der Waals surface area contributed by atoms with E-state index in [1.807, 2.05) is 18.2 Å². The zero-order chi connectivity index (χ0) is 52.4. The van der Waals surface area contributed by atoms with Crippen molar-refractivity contribution in [3.05, 3.63) is 140 Å². The number of methoxy groups -OCH3 is 5. The van der Waals surface area contributed by atoms with Crippen molar-refractivity contribution in [1.29, 1.82) is 0 Å². The molecule has 3 N–H and O–H groups in total. The molecule has 10 rings (SSSR count). The number of nitrogens with zero attached hydrogens (tertiary/aromatic N) is 2. The number of hydrogen-bond donors (Lipinski definition) is 3. The van der Waals surface area contributed by atoms with Gasteiger partial charge < -0.3 is 53.2 Å². The Hall–Kier alpha value is -7.95. The number of aldehydes is 1. The summed E-state index contributed by atoms with van der Waals surface area (Å²) in [6.07, 6.45) is 3.72. The Balaban J connectivity index is 0.000000225. The van der Waals surface area contributed by atoms with Crippen molar-refractivity contribution < 1.29 is 67.6 Å². The Bertz CT molecular complexity index is 3110. The van der Waals surface area contributed by atoms with E-state index in [4.69, 9.17) is 37.9 Å². The first-order chi connectivity index (χ1) is 35.0. The van der Waals surface area contributed by atoms with Crippen LogP contribution >= 0.6 is 0 Å². The van der Waals surface area contributed by atoms with Crippen LogP contribution in [0.3, 0.4) is 0 Å². The number of carbonyl (C=O) groups is 3. The number of ether oxygens (including phenoxy) is 8. The van der Waals surface area contributed by atoms with Gasteiger partial charge in [0.1, 0.15) is 39.9 Å². The molecular weight excluding hydrogens is 937 g/mol. The van der Waals surface area contributed by atoms with Crippen molar-refractivity contribution >= 4 is 18.2 Å². The average molecular weight is 997 g/mol. The molecular formula is C57H60N2O14. The van der Waals surface area contributed by atoms with Gasteiger partial charge in [-0.2, -0.15) is 0 Å². The molecule has 2 unspecified atom stereocenters. The molecule has 4 aliphatic heterocycles. The van der Waals surface area contributed by atoms with Crippen molar-refractivity contribution in [2.75, 3.05) is 62.7 Å². The molecule has 4 heterocycles. The number of phenols is 2. The molecule has 6 aromatic carbocycles. The van der Waals surface area contributed by atoms with Crippen LogP contribution < -0.4 is 37.9 Å². The van der Waals surface area contributed by atoms with E-state index >= 15 is 0 Å². The van der Waals surface area contributed by atoms with Gasteiger partial charge in [-0.05, 0) is 154 Å². The molecule has 0 amide bonds. The maximum absolute atomic E-state index is 12.6. The molecule has 0 spiro atoms. The Morgan fingerprint density at radius 1 is 0.630 bits per heavy atom. The number of phenolic OH excluding ortho intramolecular Hbond substituents is 1. The van der Waals surface area contributed by atoms with Crippen LogP contribution in [0, 0.1) is 20.8 Å². The lowest BCUT2D eigenvalue weighted by atomic mass is 9.87. The zero-order valence-corrected chi connectivity index (χ0v) is 42.6. The van der Waals surface area contributed by atoms with Crippen molar-refractivity contribution in [1.82, 2.24) is 9.80 Å². The van der Waals surface area contributed by atoms with E-state index < -0.39 is 23.4 Å². The maximum atomic E-state index is 12.6. The van der Waals surface area contributed by atoms with Gasteiger partial charge in [0.15, 0.2) is 40.8 Å². The molecule has 16 nitrogen and oxygen atoms in total. The van der Waals surface area contributed by atoms with Crippen LogP contribution in [-0.2, 0) is 25.7 Å². The molecule has 6 bridgehead atoms. The molecule has 382 valence electrons. The number of carboxylic acids is 1. The molecule has 4 aliphatic rings. The van der Waals surface area contributed by atoms with Crippen LogP contribution in [0.25, 0.3) is 0 Å². The summed E-state index contributed by atoms with van der Waals surface area (Å²) in [6, 6.07) is 23.9. The number of esters is 1. The van der Waals surface area contributed by atoms with Crippen LogP contribution in [0.1, 0.15) is 93.2 Å². The molecule has 0 radical (unpaired) electrons. The molecule has 0 aromatic heterocycles. The first kappa shape index (κ1) is 51.4. The van der Waals surface area contributed by atoms with E-state index in [0.29, 0.717) is 52.1 Å². The van der Waals surface area contributed by atoms with Crippen molar-refractivity contribution in [2.24, 2.45) is 0 Å². The summed E-state index contributed by atoms with van der Waals surface area (Å²) in [6.45, 7) is 6.21. The standard InChI is InChI=1S/C38H42N2O6.C19H18O8/c1-39-15-13-25-20-32(42-4)34-22-28(25)29(39)17-23-7-10-27(11-8-23)45-33-19-24(9-12-31(33)41-3)18-30-36-26(14-16-40(30)2)21-35(43-5)37(44-6)38(36)46-34;1-8-5-13(26-4)11(7-20)17(22)14(8)19(25)27-12-6-9(2)16(21)15(10(12)3)18(23)24/h7-12,19-22,29-30H,13-18H2,1-6H3;5-7,21-22H,1-4H3,(H,23,24). The minimum atomic E-state index is -1.38. The molecule has 0 aliphatic carbocycles. The lowest BCUT2D eigenvalue weighted by molar-refractivity contribution is 0.0681. The van der Waals surface area contributed by atoms with Crippen LogP contribution in [0.15, 0.2) is 72.8 Å². The number of carboxylic acid groups (broad SMARTS) is 1. The quantitative estimate of drug-likeness (QED) is 0.0703. The SMILES string of the molecule is COc1cc(C)c(C(=O)Oc2cc(C)c(O)c(C(=O)O)c2C)c(O)c1C=O.COc1ccc2cc1Oc1ccc(cc1)CC1c3cc(c(OC)cc3CCN1C)Oc1c(OC)c(OC)cc3c1C(C2)N(C)CC3. The third kappa shape index (κ3) is 10.00. The number of aromatic hydroxyl groups is 2. The molecule has 6 aromatic rings. The van der Waals surface area contributed by atoms with Gasteiger partial charge in [-0.15, -0.1) is 0 Å². The lowest BCUT2D eigenvalue weighted by Gasteiger charge is -2.37. The summed E-state index contributed by atoms with van der Waals surface area (Å²) in [4.78, 5) is 40.0. The van der Waals surface area contributed by atoms with Gasteiger partial charge in [0.25, 0.3) is 0 Å². The number of aromatic carboxylic acids is 1. The van der Waals surface area contributed by atoms with Gasteiger partial charge in [0.05, 0.1) is 41.1 Å². The summed E-state index contributed by atoms with van der Waals surface area (Å²) in [7, 11) is 12.4. The minimum Gasteiger partial charge on any atom is -0.507 e. The Morgan fingerprint density at radius 2 is 1.23 bits per heavy atom. The molecule has 73 heavy (non-hydrogen) atoms. The summed E-state index contributed by atoms with van der Waals surface area (Å²) in [5.41, 5.74) is 6.85. The topological polar surface area (TPSA) is 192 Å². The predicted molar refractivity (Wildman–Crippen MR) is 272 cm³/mol. The van der Waals surface area contributed by atoms with Gasteiger partial charge in [-0.3, -0.25) is 14.6 Å². The second-order valence-electron chi connectivity index (χ2n) is 18.3. The summed E-state index contributed by atoms with van der Waals surface area (Å²) in [5.74, 6) is 2.03. The normalized spacial score (nSPS) is 15.9. The summed E-state index contributed by atoms with van der Waals surface area (Å²) >= 11 is 0. The Kier molecular flexibility index (Phi) is 15.1. The number of rotatable bonds is 9. The first-order valence-corrected chi connectivity index (χ1v) is 23.7. The molecule has 16 heteroatoms. The fraction of sp³-hybridized carbons (Fsp3) is 0.316. The van der Waals surface area contributed by atoms with Crippen molar-refractivity contribution in [2.45, 2.75) is 58.5 Å². The van der Waals surface area contributed by atoms with Crippen LogP contribution in [0.5, 0.6) is 69.0 Å². The fourth-order valence-electron chi connectivity index (χ4n) is 9.99. The van der Waals surface area contributed by atoms with Crippen molar-refractivity contribution in [3.63, 3.8) is 0 Å². The van der Waals surface area contributed by atoms with E-state index in [9.17, 15) is 29.7 Å². The number of benzene rings is 6. The minimum absolute atomic E-state index is 0.000437. The number of hydrogen-bond acceptors (Lipinski definition) is 15. The highest BCUT2D eigenvalue weighted by molar-refractivity contribution is 6.01. The average Bonchev–Trinajstić information content (AvgIpc) is 3.37. The van der Waals surface area contributed by atoms with Gasteiger partial charge in [0.2, 0.25) is 5.75 Å². The summed E-state index contributed by atoms with van der Waals surface area (Å²) < 4.78 is 47.4. The number of likely N-dealkylation sites (N-methyl/N-ethyl adjacent to an activating group) is 2. The second-order valence-corrected chi connectivity index (χ2v) is 18.3. The molecule has 0 fully saturated rings. The van der Waals surface area contributed by atoms with Gasteiger partial charge in [-0.25, -0.2) is 9.59 Å². The Labute approximate surface area is 424 Å². The second kappa shape index (κ2) is 21.4. The monoisotopic (exact) mass is 996 g/mol. The highest BCUT2D eigenvalue weighted by Crippen LogP contribution is 2.52. The molecule has 0 saturated heterocycles. The third-order valence-corrected chi connectivity index (χ3v) is 14.0. The maximum Gasteiger partial charge on any atom is 0.347 e. The lowest BCUT2D eigenvalue weighted by Crippen LogP contribution is -2.34. The highest BCUT2D eigenvalue weighted by Gasteiger charge is 2.35. The highest BCUT2D eigenvalue weighted by atomic mass is 16.6. The van der Waals surface area contributed by atoms with Gasteiger partial charge in [0, 0.05) is 36.3 Å². The van der Waals surface area contributed by atoms with E-state index in [1.54, 1.807) is 28.4 Å². The predicted octanol–water partition coefficient (Wildman–Crippen LogP) is 9.92. The smallest absolute Gasteiger partial charge is 0.347 e.